The summed E-state index contributed by atoms with van der Waals surface area (Å²) in [6, 6.07) is 5.85. The molecule has 1 amide bonds. The van der Waals surface area contributed by atoms with E-state index in [2.05, 4.69) is 35.1 Å². The summed E-state index contributed by atoms with van der Waals surface area (Å²) in [6.45, 7) is 10.8. The third-order valence-electron chi connectivity index (χ3n) is 4.14. The Hall–Kier alpha value is -1.76. The van der Waals surface area contributed by atoms with E-state index >= 15 is 0 Å². The van der Waals surface area contributed by atoms with Gasteiger partial charge in [-0.15, -0.1) is 11.3 Å². The Morgan fingerprint density at radius 3 is 2.52 bits per heavy atom. The minimum absolute atomic E-state index is 0.110. The monoisotopic (exact) mass is 359 g/mol. The Labute approximate surface area is 153 Å². The highest BCUT2D eigenvalue weighted by Crippen LogP contribution is 2.20. The molecule has 1 aromatic heterocycles. The minimum Gasteiger partial charge on any atom is -0.373 e. The lowest BCUT2D eigenvalue weighted by molar-refractivity contribution is -0.0707. The third-order valence-corrected chi connectivity index (χ3v) is 4.94. The molecule has 2 heterocycles. The zero-order chi connectivity index (χ0) is 18.0. The van der Waals surface area contributed by atoms with Crippen LogP contribution in [-0.2, 0) is 11.3 Å². The molecule has 2 unspecified atom stereocenters. The Bertz CT molecular complexity index is 729. The van der Waals surface area contributed by atoms with E-state index < -0.39 is 0 Å². The van der Waals surface area contributed by atoms with E-state index in [1.807, 2.05) is 31.4 Å². The number of ether oxygens (including phenoxy) is 1. The van der Waals surface area contributed by atoms with Gasteiger partial charge in [-0.2, -0.15) is 0 Å². The second-order valence-electron chi connectivity index (χ2n) is 6.93. The molecule has 1 fully saturated rings. The molecule has 1 aliphatic heterocycles. The van der Waals surface area contributed by atoms with Crippen molar-refractivity contribution in [1.82, 2.24) is 9.88 Å². The molecule has 5 nitrogen and oxygen atoms in total. The van der Waals surface area contributed by atoms with Crippen molar-refractivity contribution in [2.45, 2.75) is 46.4 Å². The van der Waals surface area contributed by atoms with Gasteiger partial charge >= 0.3 is 0 Å². The van der Waals surface area contributed by atoms with Crippen molar-refractivity contribution < 1.29 is 9.53 Å². The molecular formula is C19H25N3O2S. The summed E-state index contributed by atoms with van der Waals surface area (Å²) < 4.78 is 5.76. The Morgan fingerprint density at radius 1 is 1.24 bits per heavy atom. The van der Waals surface area contributed by atoms with Crippen molar-refractivity contribution in [1.29, 1.82) is 0 Å². The highest BCUT2D eigenvalue weighted by molar-refractivity contribution is 7.13. The summed E-state index contributed by atoms with van der Waals surface area (Å²) >= 11 is 1.47. The molecule has 2 aromatic rings. The van der Waals surface area contributed by atoms with Crippen molar-refractivity contribution in [3.63, 3.8) is 0 Å². The van der Waals surface area contributed by atoms with Crippen LogP contribution in [-0.4, -0.2) is 41.1 Å². The van der Waals surface area contributed by atoms with E-state index in [-0.39, 0.29) is 18.1 Å². The number of thiazole rings is 1. The Balaban J connectivity index is 1.62. The summed E-state index contributed by atoms with van der Waals surface area (Å²) in [5.41, 5.74) is 3.83. The van der Waals surface area contributed by atoms with Crippen LogP contribution in [0.1, 0.15) is 41.0 Å². The van der Waals surface area contributed by atoms with Crippen molar-refractivity contribution in [2.75, 3.05) is 18.4 Å². The van der Waals surface area contributed by atoms with E-state index in [1.165, 1.54) is 11.3 Å². The lowest BCUT2D eigenvalue weighted by Crippen LogP contribution is -2.44. The molecule has 1 saturated heterocycles. The fourth-order valence-electron chi connectivity index (χ4n) is 3.35. The van der Waals surface area contributed by atoms with E-state index in [0.29, 0.717) is 10.7 Å². The van der Waals surface area contributed by atoms with Gasteiger partial charge in [-0.3, -0.25) is 15.0 Å². The van der Waals surface area contributed by atoms with Crippen LogP contribution in [0.5, 0.6) is 0 Å². The lowest BCUT2D eigenvalue weighted by Gasteiger charge is -2.34. The smallest absolute Gasteiger partial charge is 0.257 e. The highest BCUT2D eigenvalue weighted by Gasteiger charge is 2.22. The summed E-state index contributed by atoms with van der Waals surface area (Å²) in [5, 5.41) is 5.58. The topological polar surface area (TPSA) is 54.5 Å². The molecule has 1 N–H and O–H groups in total. The fraction of sp³-hybridized carbons (Fsp3) is 0.474. The number of nitrogens with one attached hydrogen (secondary N) is 1. The fourth-order valence-corrected chi connectivity index (χ4v) is 4.05. The first-order valence-corrected chi connectivity index (χ1v) is 9.49. The second kappa shape index (κ2) is 7.64. The Morgan fingerprint density at radius 2 is 1.88 bits per heavy atom. The van der Waals surface area contributed by atoms with Crippen molar-refractivity contribution in [3.05, 3.63) is 46.0 Å². The van der Waals surface area contributed by atoms with Gasteiger partial charge in [0.1, 0.15) is 0 Å². The van der Waals surface area contributed by atoms with Gasteiger partial charge in [-0.1, -0.05) is 17.2 Å². The number of hydrogen-bond donors (Lipinski definition) is 1. The first-order valence-electron chi connectivity index (χ1n) is 8.61. The SMILES string of the molecule is Cc1cc(C)cc(C(=O)Nc2nc(CN3CC(C)OC(C)C3)cs2)c1. The van der Waals surface area contributed by atoms with Crippen LogP contribution in [0.3, 0.4) is 0 Å². The predicted octanol–water partition coefficient (Wildman–Crippen LogP) is 3.62. The second-order valence-corrected chi connectivity index (χ2v) is 7.78. The Kier molecular flexibility index (Phi) is 5.51. The van der Waals surface area contributed by atoms with Gasteiger partial charge in [0.25, 0.3) is 5.91 Å². The van der Waals surface area contributed by atoms with Gasteiger partial charge in [0.05, 0.1) is 17.9 Å². The van der Waals surface area contributed by atoms with Crippen molar-refractivity contribution in [3.8, 4) is 0 Å². The number of rotatable bonds is 4. The van der Waals surface area contributed by atoms with E-state index in [0.717, 1.165) is 36.5 Å². The number of morpholine rings is 1. The molecule has 134 valence electrons. The molecule has 0 saturated carbocycles. The average molecular weight is 359 g/mol. The van der Waals surface area contributed by atoms with E-state index in [9.17, 15) is 4.79 Å². The van der Waals surface area contributed by atoms with Gasteiger partial charge in [0.2, 0.25) is 0 Å². The number of benzene rings is 1. The molecule has 25 heavy (non-hydrogen) atoms. The molecule has 0 bridgehead atoms. The number of anilines is 1. The van der Waals surface area contributed by atoms with E-state index in [4.69, 9.17) is 4.74 Å². The van der Waals surface area contributed by atoms with Gasteiger partial charge in [-0.25, -0.2) is 4.98 Å². The zero-order valence-corrected chi connectivity index (χ0v) is 16.0. The number of aromatic nitrogens is 1. The van der Waals surface area contributed by atoms with Gasteiger partial charge in [0, 0.05) is 30.6 Å². The molecule has 2 atom stereocenters. The number of carbonyl (C=O) groups excluding carboxylic acids is 1. The number of amides is 1. The molecule has 0 radical (unpaired) electrons. The maximum atomic E-state index is 12.4. The van der Waals surface area contributed by atoms with Gasteiger partial charge < -0.3 is 4.74 Å². The van der Waals surface area contributed by atoms with Crippen LogP contribution >= 0.6 is 11.3 Å². The molecule has 0 spiro atoms. The summed E-state index contributed by atoms with van der Waals surface area (Å²) in [4.78, 5) is 19.4. The van der Waals surface area contributed by atoms with Crippen LogP contribution in [0.2, 0.25) is 0 Å². The number of hydrogen-bond acceptors (Lipinski definition) is 5. The third kappa shape index (κ3) is 4.87. The van der Waals surface area contributed by atoms with Crippen LogP contribution in [0, 0.1) is 13.8 Å². The summed E-state index contributed by atoms with van der Waals surface area (Å²) in [7, 11) is 0. The number of aryl methyl sites for hydroxylation is 2. The minimum atomic E-state index is -0.110. The molecule has 3 rings (SSSR count). The first-order chi connectivity index (χ1) is 11.9. The maximum absolute atomic E-state index is 12.4. The first kappa shape index (κ1) is 18.0. The zero-order valence-electron chi connectivity index (χ0n) is 15.2. The average Bonchev–Trinajstić information content (AvgIpc) is 2.92. The van der Waals surface area contributed by atoms with Gasteiger partial charge in [-0.05, 0) is 39.8 Å². The van der Waals surface area contributed by atoms with Crippen LogP contribution < -0.4 is 5.32 Å². The number of nitrogens with zero attached hydrogens (tertiary/aromatic N) is 2. The lowest BCUT2D eigenvalue weighted by atomic mass is 10.1. The van der Waals surface area contributed by atoms with Crippen LogP contribution in [0.25, 0.3) is 0 Å². The van der Waals surface area contributed by atoms with Crippen molar-refractivity contribution in [2.24, 2.45) is 0 Å². The number of carbonyl (C=O) groups is 1. The summed E-state index contributed by atoms with van der Waals surface area (Å²) in [6.07, 6.45) is 0.484. The molecular weight excluding hydrogens is 334 g/mol. The summed E-state index contributed by atoms with van der Waals surface area (Å²) in [5.74, 6) is -0.110. The molecule has 0 aliphatic carbocycles. The largest absolute Gasteiger partial charge is 0.373 e. The van der Waals surface area contributed by atoms with Crippen molar-refractivity contribution >= 4 is 22.4 Å². The van der Waals surface area contributed by atoms with Crippen LogP contribution in [0.15, 0.2) is 23.6 Å². The van der Waals surface area contributed by atoms with Gasteiger partial charge in [0.15, 0.2) is 5.13 Å². The van der Waals surface area contributed by atoms with E-state index in [1.54, 1.807) is 0 Å². The molecule has 1 aromatic carbocycles. The maximum Gasteiger partial charge on any atom is 0.257 e. The molecule has 6 heteroatoms. The highest BCUT2D eigenvalue weighted by atomic mass is 32.1. The molecule has 1 aliphatic rings. The normalized spacial score (nSPS) is 21.3. The van der Waals surface area contributed by atoms with Crippen LogP contribution in [0.4, 0.5) is 5.13 Å². The standard InChI is InChI=1S/C19H25N3O2S/c1-12-5-13(2)7-16(6-12)18(23)21-19-20-17(11-25-19)10-22-8-14(3)24-15(4)9-22/h5-7,11,14-15H,8-10H2,1-4H3,(H,20,21,23). The predicted molar refractivity (Wildman–Crippen MR) is 101 cm³/mol. The quantitative estimate of drug-likeness (QED) is 0.906.